The monoisotopic (exact) mass is 454 g/mol. The molecule has 2 nitrogen and oxygen atoms in total. The maximum absolute atomic E-state index is 7.12. The van der Waals surface area contributed by atoms with Gasteiger partial charge in [0.2, 0.25) is 0 Å². The van der Waals surface area contributed by atoms with Crippen molar-refractivity contribution in [2.24, 2.45) is 0 Å². The Morgan fingerprint density at radius 3 is 1.38 bits per heavy atom. The van der Waals surface area contributed by atoms with Gasteiger partial charge in [-0.15, -0.1) is 0 Å². The second-order valence-electron chi connectivity index (χ2n) is 8.47. The zero-order chi connectivity index (χ0) is 22.3. The third kappa shape index (κ3) is 3.64. The average Bonchev–Trinajstić information content (AvgIpc) is 2.77. The van der Waals surface area contributed by atoms with Crippen molar-refractivity contribution in [3.05, 3.63) is 107 Å². The van der Waals surface area contributed by atoms with Gasteiger partial charge in [0.25, 0.3) is 0 Å². The van der Waals surface area contributed by atoms with E-state index in [1.807, 2.05) is 12.1 Å². The van der Waals surface area contributed by atoms with Crippen LogP contribution >= 0.6 is 11.8 Å². The topological polar surface area (TPSA) is 18.5 Å². The molecule has 0 saturated carbocycles. The van der Waals surface area contributed by atoms with E-state index in [1.54, 1.807) is 11.8 Å². The van der Waals surface area contributed by atoms with Gasteiger partial charge in [0.05, 0.1) is 9.79 Å². The molecule has 0 spiro atoms. The van der Waals surface area contributed by atoms with Crippen molar-refractivity contribution in [1.82, 2.24) is 0 Å². The first-order chi connectivity index (χ1) is 15.5. The summed E-state index contributed by atoms with van der Waals surface area (Å²) in [5.74, 6) is 1.84. The molecule has 4 aromatic carbocycles. The maximum Gasteiger partial charge on any atom is 0.531 e. The minimum Gasteiger partial charge on any atom is -0.504 e. The number of hydrogen-bond acceptors (Lipinski definition) is 3. The van der Waals surface area contributed by atoms with Gasteiger partial charge < -0.3 is 8.85 Å². The van der Waals surface area contributed by atoms with Gasteiger partial charge in [-0.25, -0.2) is 0 Å². The summed E-state index contributed by atoms with van der Waals surface area (Å²) < 4.78 is 14.2. The summed E-state index contributed by atoms with van der Waals surface area (Å²) in [5.41, 5.74) is 4.73. The number of benzene rings is 4. The molecule has 0 bridgehead atoms. The van der Waals surface area contributed by atoms with Crippen LogP contribution in [-0.2, 0) is 0 Å². The van der Waals surface area contributed by atoms with Crippen LogP contribution in [0.5, 0.6) is 11.5 Å². The molecule has 1 aliphatic rings. The van der Waals surface area contributed by atoms with Gasteiger partial charge in [-0.2, -0.15) is 0 Å². The zero-order valence-corrected chi connectivity index (χ0v) is 20.6. The summed E-state index contributed by atoms with van der Waals surface area (Å²) in [6, 6.07) is 29.8. The lowest BCUT2D eigenvalue weighted by Crippen LogP contribution is -2.68. The molecule has 0 aromatic heterocycles. The Morgan fingerprint density at radius 2 is 0.969 bits per heavy atom. The van der Waals surface area contributed by atoms with Crippen LogP contribution in [0.15, 0.2) is 94.7 Å². The van der Waals surface area contributed by atoms with E-state index in [1.165, 1.54) is 11.1 Å². The van der Waals surface area contributed by atoms with Crippen molar-refractivity contribution < 1.29 is 8.85 Å². The third-order valence-electron chi connectivity index (χ3n) is 5.79. The van der Waals surface area contributed by atoms with Crippen molar-refractivity contribution in [2.45, 2.75) is 37.5 Å². The summed E-state index contributed by atoms with van der Waals surface area (Å²) in [6.45, 7) is 8.55. The lowest BCUT2D eigenvalue weighted by molar-refractivity contribution is 0.400. The fourth-order valence-corrected chi connectivity index (χ4v) is 9.08. The second kappa shape index (κ2) is 8.19. The largest absolute Gasteiger partial charge is 0.531 e. The van der Waals surface area contributed by atoms with Gasteiger partial charge >= 0.3 is 8.56 Å². The van der Waals surface area contributed by atoms with Crippen molar-refractivity contribution in [1.29, 1.82) is 0 Å². The molecule has 0 aliphatic carbocycles. The van der Waals surface area contributed by atoms with Gasteiger partial charge in [0.1, 0.15) is 11.5 Å². The van der Waals surface area contributed by atoms with Crippen molar-refractivity contribution in [3.63, 3.8) is 0 Å². The molecular formula is C28H26O2SSi. The predicted molar refractivity (Wildman–Crippen MR) is 135 cm³/mol. The SMILES string of the molecule is Cc1cc(C)c2c(c1)Sc1cc(C)cc(C)c1O[Si](c1ccccc1)(c1ccccc1)O2. The smallest absolute Gasteiger partial charge is 0.504 e. The summed E-state index contributed by atoms with van der Waals surface area (Å²) in [4.78, 5) is 2.28. The lowest BCUT2D eigenvalue weighted by atomic mass is 10.1. The summed E-state index contributed by atoms with van der Waals surface area (Å²) in [5, 5.41) is 2.19. The van der Waals surface area contributed by atoms with Crippen LogP contribution in [0.1, 0.15) is 22.3 Å². The molecule has 0 radical (unpaired) electrons. The summed E-state index contributed by atoms with van der Waals surface area (Å²) in [7, 11) is -3.13. The molecule has 1 aliphatic heterocycles. The molecule has 0 amide bonds. The Morgan fingerprint density at radius 1 is 0.562 bits per heavy atom. The van der Waals surface area contributed by atoms with Crippen LogP contribution in [-0.4, -0.2) is 8.56 Å². The van der Waals surface area contributed by atoms with Gasteiger partial charge in [-0.3, -0.25) is 0 Å². The van der Waals surface area contributed by atoms with E-state index in [0.29, 0.717) is 0 Å². The van der Waals surface area contributed by atoms with Crippen LogP contribution < -0.4 is 19.2 Å². The van der Waals surface area contributed by atoms with Crippen LogP contribution in [0.4, 0.5) is 0 Å². The van der Waals surface area contributed by atoms with Crippen LogP contribution in [0.25, 0.3) is 0 Å². The van der Waals surface area contributed by atoms with Crippen molar-refractivity contribution >= 4 is 30.7 Å². The molecule has 1 heterocycles. The molecular weight excluding hydrogens is 428 g/mol. The Labute approximate surface area is 195 Å². The standard InChI is InChI=1S/C28H26O2SSi/c1-19-15-21(3)27-25(17-19)31-26-18-20(2)16-22(4)28(26)30-32(29-27,23-11-7-5-8-12-23)24-13-9-6-10-14-24/h5-18H,1-4H3. The van der Waals surface area contributed by atoms with Gasteiger partial charge in [-0.05, 0) is 62.1 Å². The van der Waals surface area contributed by atoms with E-state index in [9.17, 15) is 0 Å². The predicted octanol–water partition coefficient (Wildman–Crippen LogP) is 6.10. The number of hydrogen-bond donors (Lipinski definition) is 0. The summed E-state index contributed by atoms with van der Waals surface area (Å²) >= 11 is 1.74. The molecule has 4 heteroatoms. The van der Waals surface area contributed by atoms with Crippen LogP contribution in [0.2, 0.25) is 0 Å². The first-order valence-corrected chi connectivity index (χ1v) is 13.5. The van der Waals surface area contributed by atoms with Crippen LogP contribution in [0, 0.1) is 27.7 Å². The van der Waals surface area contributed by atoms with E-state index >= 15 is 0 Å². The Hall–Kier alpha value is -2.95. The molecule has 5 rings (SSSR count). The summed E-state index contributed by atoms with van der Waals surface area (Å²) in [6.07, 6.45) is 0. The average molecular weight is 455 g/mol. The first-order valence-electron chi connectivity index (χ1n) is 10.9. The highest BCUT2D eigenvalue weighted by Gasteiger charge is 2.49. The van der Waals surface area contributed by atoms with Gasteiger partial charge in [-0.1, -0.05) is 84.6 Å². The minimum absolute atomic E-state index is 0.921. The molecule has 160 valence electrons. The van der Waals surface area contributed by atoms with E-state index in [0.717, 1.165) is 42.8 Å². The fourth-order valence-electron chi connectivity index (χ4n) is 4.39. The van der Waals surface area contributed by atoms with Gasteiger partial charge in [0.15, 0.2) is 0 Å². The molecule has 0 unspecified atom stereocenters. The first kappa shape index (κ1) is 20.9. The molecule has 0 N–H and O–H groups in total. The maximum atomic E-state index is 7.12. The van der Waals surface area contributed by atoms with Crippen molar-refractivity contribution in [3.8, 4) is 11.5 Å². The third-order valence-corrected chi connectivity index (χ3v) is 10.0. The molecule has 0 saturated heterocycles. The van der Waals surface area contributed by atoms with Gasteiger partial charge in [0, 0.05) is 10.4 Å². The van der Waals surface area contributed by atoms with E-state index in [4.69, 9.17) is 8.85 Å². The second-order valence-corrected chi connectivity index (χ2v) is 12.4. The molecule has 4 aromatic rings. The molecule has 0 fully saturated rings. The zero-order valence-electron chi connectivity index (χ0n) is 18.8. The minimum atomic E-state index is -3.13. The van der Waals surface area contributed by atoms with E-state index in [-0.39, 0.29) is 0 Å². The van der Waals surface area contributed by atoms with Crippen molar-refractivity contribution in [2.75, 3.05) is 0 Å². The fraction of sp³-hybridized carbons (Fsp3) is 0.143. The van der Waals surface area contributed by atoms with E-state index in [2.05, 4.69) is 100 Å². The quantitative estimate of drug-likeness (QED) is 0.341. The molecule has 32 heavy (non-hydrogen) atoms. The number of fused-ring (bicyclic) bond motifs is 2. The highest BCUT2D eigenvalue weighted by molar-refractivity contribution is 7.99. The molecule has 0 atom stereocenters. The normalized spacial score (nSPS) is 14.2. The lowest BCUT2D eigenvalue weighted by Gasteiger charge is -2.36. The highest BCUT2D eigenvalue weighted by Crippen LogP contribution is 2.46. The number of aryl methyl sites for hydroxylation is 4. The Balaban J connectivity index is 1.87. The Bertz CT molecular complexity index is 1190. The van der Waals surface area contributed by atoms with E-state index < -0.39 is 8.56 Å². The van der Waals surface area contributed by atoms with Crippen LogP contribution in [0.3, 0.4) is 0 Å². The Kier molecular flexibility index (Phi) is 5.36. The number of rotatable bonds is 2. The highest BCUT2D eigenvalue weighted by atomic mass is 32.2.